The van der Waals surface area contributed by atoms with Gasteiger partial charge in [-0.3, -0.25) is 0 Å². The number of para-hydroxylation sites is 1. The first-order valence-electron chi connectivity index (χ1n) is 6.66. The molecule has 0 fully saturated rings. The van der Waals surface area contributed by atoms with Crippen LogP contribution in [0.2, 0.25) is 0 Å². The van der Waals surface area contributed by atoms with Crippen LogP contribution < -0.4 is 10.5 Å². The predicted molar refractivity (Wildman–Crippen MR) is 72.8 cm³/mol. The van der Waals surface area contributed by atoms with E-state index in [1.807, 2.05) is 18.2 Å². The van der Waals surface area contributed by atoms with Crippen molar-refractivity contribution < 1.29 is 9.47 Å². The maximum Gasteiger partial charge on any atom is 0.122 e. The summed E-state index contributed by atoms with van der Waals surface area (Å²) in [5.41, 5.74) is 7.30. The smallest absolute Gasteiger partial charge is 0.122 e. The van der Waals surface area contributed by atoms with Gasteiger partial charge in [-0.25, -0.2) is 0 Å². The van der Waals surface area contributed by atoms with E-state index >= 15 is 0 Å². The van der Waals surface area contributed by atoms with Gasteiger partial charge in [0.25, 0.3) is 0 Å². The van der Waals surface area contributed by atoms with Crippen LogP contribution in [0.3, 0.4) is 0 Å². The molecule has 3 nitrogen and oxygen atoms in total. The molecular formula is C15H23NO2. The Morgan fingerprint density at radius 2 is 2.17 bits per heavy atom. The van der Waals surface area contributed by atoms with Gasteiger partial charge in [-0.2, -0.15) is 0 Å². The van der Waals surface area contributed by atoms with Gasteiger partial charge >= 0.3 is 0 Å². The normalized spacial score (nSPS) is 22.7. The lowest BCUT2D eigenvalue weighted by atomic mass is 9.87. The van der Waals surface area contributed by atoms with E-state index in [2.05, 4.69) is 19.9 Å². The third-order valence-electron chi connectivity index (χ3n) is 3.23. The monoisotopic (exact) mass is 249 g/mol. The lowest BCUT2D eigenvalue weighted by molar-refractivity contribution is 0.0780. The lowest BCUT2D eigenvalue weighted by Crippen LogP contribution is -2.50. The molecule has 18 heavy (non-hydrogen) atoms. The minimum absolute atomic E-state index is 0.286. The van der Waals surface area contributed by atoms with Gasteiger partial charge in [-0.05, 0) is 30.4 Å². The number of nitrogens with two attached hydrogens (primary N) is 1. The molecule has 0 saturated heterocycles. The molecule has 2 rings (SSSR count). The molecule has 1 heterocycles. The maximum atomic E-state index is 6.39. The molecule has 1 unspecified atom stereocenters. The molecule has 1 aliphatic rings. The van der Waals surface area contributed by atoms with Gasteiger partial charge in [0.2, 0.25) is 0 Å². The summed E-state index contributed by atoms with van der Waals surface area (Å²) in [7, 11) is 0. The third kappa shape index (κ3) is 3.47. The van der Waals surface area contributed by atoms with E-state index in [-0.39, 0.29) is 5.54 Å². The minimum atomic E-state index is -0.286. The Hall–Kier alpha value is -1.06. The van der Waals surface area contributed by atoms with Gasteiger partial charge < -0.3 is 15.2 Å². The summed E-state index contributed by atoms with van der Waals surface area (Å²) in [6, 6.07) is 8.12. The van der Waals surface area contributed by atoms with E-state index in [1.54, 1.807) is 0 Å². The fraction of sp³-hybridized carbons (Fsp3) is 0.600. The first kappa shape index (κ1) is 13.4. The minimum Gasteiger partial charge on any atom is -0.491 e. The van der Waals surface area contributed by atoms with Crippen LogP contribution in [0.1, 0.15) is 25.8 Å². The summed E-state index contributed by atoms with van der Waals surface area (Å²) in [6.07, 6.45) is 1.71. The zero-order chi connectivity index (χ0) is 13.0. The Kier molecular flexibility index (Phi) is 4.25. The molecule has 0 amide bonds. The average Bonchev–Trinajstić information content (AvgIpc) is 2.34. The standard InChI is InChI=1S/C15H23NO2/c1-12(2)10-17-8-7-15(16)9-13-5-3-4-6-14(13)18-11-15/h3-6,12H,7-11,16H2,1-2H3. The highest BCUT2D eigenvalue weighted by atomic mass is 16.5. The van der Waals surface area contributed by atoms with E-state index in [0.717, 1.165) is 25.2 Å². The lowest BCUT2D eigenvalue weighted by Gasteiger charge is -2.34. The van der Waals surface area contributed by atoms with Crippen LogP contribution in [0.4, 0.5) is 0 Å². The molecule has 100 valence electrons. The summed E-state index contributed by atoms with van der Waals surface area (Å²) in [5.74, 6) is 1.55. The fourth-order valence-electron chi connectivity index (χ4n) is 2.20. The second-order valence-corrected chi connectivity index (χ2v) is 5.65. The van der Waals surface area contributed by atoms with Crippen LogP contribution >= 0.6 is 0 Å². The number of rotatable bonds is 5. The van der Waals surface area contributed by atoms with Gasteiger partial charge in [0.1, 0.15) is 12.4 Å². The van der Waals surface area contributed by atoms with Gasteiger partial charge in [-0.15, -0.1) is 0 Å². The molecule has 0 aromatic heterocycles. The number of ether oxygens (including phenoxy) is 2. The summed E-state index contributed by atoms with van der Waals surface area (Å²) in [4.78, 5) is 0. The second-order valence-electron chi connectivity index (χ2n) is 5.65. The molecule has 0 bridgehead atoms. The molecule has 0 saturated carbocycles. The van der Waals surface area contributed by atoms with Gasteiger partial charge in [0, 0.05) is 13.2 Å². The summed E-state index contributed by atoms with van der Waals surface area (Å²) >= 11 is 0. The molecule has 0 spiro atoms. The maximum absolute atomic E-state index is 6.39. The summed E-state index contributed by atoms with van der Waals surface area (Å²) in [6.45, 7) is 6.39. The van der Waals surface area contributed by atoms with Crippen molar-refractivity contribution in [3.05, 3.63) is 29.8 Å². The van der Waals surface area contributed by atoms with E-state index < -0.39 is 0 Å². The Balaban J connectivity index is 1.86. The first-order valence-corrected chi connectivity index (χ1v) is 6.66. The van der Waals surface area contributed by atoms with Crippen LogP contribution in [-0.4, -0.2) is 25.4 Å². The molecule has 1 aromatic rings. The van der Waals surface area contributed by atoms with Crippen molar-refractivity contribution in [3.8, 4) is 5.75 Å². The van der Waals surface area contributed by atoms with Gasteiger partial charge in [0.05, 0.1) is 5.54 Å². The molecule has 1 atom stereocenters. The summed E-state index contributed by atoms with van der Waals surface area (Å²) < 4.78 is 11.4. The third-order valence-corrected chi connectivity index (χ3v) is 3.23. The first-order chi connectivity index (χ1) is 8.59. The van der Waals surface area contributed by atoms with E-state index in [1.165, 1.54) is 5.56 Å². The molecule has 0 radical (unpaired) electrons. The molecule has 1 aromatic carbocycles. The molecule has 1 aliphatic heterocycles. The molecule has 2 N–H and O–H groups in total. The zero-order valence-corrected chi connectivity index (χ0v) is 11.3. The second kappa shape index (κ2) is 5.72. The number of benzene rings is 1. The van der Waals surface area contributed by atoms with Gasteiger partial charge in [0.15, 0.2) is 0 Å². The van der Waals surface area contributed by atoms with Crippen molar-refractivity contribution >= 4 is 0 Å². The number of hydrogen-bond donors (Lipinski definition) is 1. The largest absolute Gasteiger partial charge is 0.491 e. The van der Waals surface area contributed by atoms with Crippen molar-refractivity contribution in [3.63, 3.8) is 0 Å². The van der Waals surface area contributed by atoms with Crippen LogP contribution in [0.25, 0.3) is 0 Å². The molecule has 3 heteroatoms. The van der Waals surface area contributed by atoms with Gasteiger partial charge in [-0.1, -0.05) is 32.0 Å². The quantitative estimate of drug-likeness (QED) is 0.815. The Morgan fingerprint density at radius 3 is 2.94 bits per heavy atom. The van der Waals surface area contributed by atoms with Crippen LogP contribution in [-0.2, 0) is 11.2 Å². The number of hydrogen-bond acceptors (Lipinski definition) is 3. The van der Waals surface area contributed by atoms with Crippen molar-refractivity contribution in [1.29, 1.82) is 0 Å². The van der Waals surface area contributed by atoms with Crippen molar-refractivity contribution in [1.82, 2.24) is 0 Å². The van der Waals surface area contributed by atoms with E-state index in [0.29, 0.717) is 19.1 Å². The van der Waals surface area contributed by atoms with Crippen LogP contribution in [0.15, 0.2) is 24.3 Å². The molecular weight excluding hydrogens is 226 g/mol. The Labute approximate surface area is 109 Å². The molecule has 0 aliphatic carbocycles. The number of fused-ring (bicyclic) bond motifs is 1. The van der Waals surface area contributed by atoms with Crippen molar-refractivity contribution in [2.45, 2.75) is 32.2 Å². The van der Waals surface area contributed by atoms with Crippen LogP contribution in [0.5, 0.6) is 5.75 Å². The summed E-state index contributed by atoms with van der Waals surface area (Å²) in [5, 5.41) is 0. The highest BCUT2D eigenvalue weighted by molar-refractivity contribution is 5.36. The Morgan fingerprint density at radius 1 is 1.39 bits per heavy atom. The van der Waals surface area contributed by atoms with Crippen molar-refractivity contribution in [2.24, 2.45) is 11.7 Å². The SMILES string of the molecule is CC(C)COCCC1(N)COc2ccccc2C1. The van der Waals surface area contributed by atoms with Crippen LogP contribution in [0, 0.1) is 5.92 Å². The zero-order valence-electron chi connectivity index (χ0n) is 11.3. The topological polar surface area (TPSA) is 44.5 Å². The Bertz CT molecular complexity index is 392. The van der Waals surface area contributed by atoms with E-state index in [9.17, 15) is 0 Å². The van der Waals surface area contributed by atoms with E-state index in [4.69, 9.17) is 15.2 Å². The average molecular weight is 249 g/mol. The predicted octanol–water partition coefficient (Wildman–Crippen LogP) is 2.38. The fourth-order valence-corrected chi connectivity index (χ4v) is 2.20. The highest BCUT2D eigenvalue weighted by Crippen LogP contribution is 2.29. The van der Waals surface area contributed by atoms with Crippen molar-refractivity contribution in [2.75, 3.05) is 19.8 Å². The highest BCUT2D eigenvalue weighted by Gasteiger charge is 2.31.